The van der Waals surface area contributed by atoms with Gasteiger partial charge >= 0.3 is 0 Å². The van der Waals surface area contributed by atoms with E-state index < -0.39 is 0 Å². The predicted octanol–water partition coefficient (Wildman–Crippen LogP) is 4.76. The van der Waals surface area contributed by atoms with E-state index in [-0.39, 0.29) is 42.4 Å². The van der Waals surface area contributed by atoms with Gasteiger partial charge in [0.2, 0.25) is 0 Å². The third-order valence-electron chi connectivity index (χ3n) is 6.47. The summed E-state index contributed by atoms with van der Waals surface area (Å²) in [6, 6.07) is 10.2. The Kier molecular flexibility index (Phi) is 10.6. The van der Waals surface area contributed by atoms with Crippen molar-refractivity contribution in [2.75, 3.05) is 7.11 Å². The molecule has 4 unspecified atom stereocenters. The van der Waals surface area contributed by atoms with Crippen LogP contribution in [0.5, 0.6) is 0 Å². The Balaban J connectivity index is 1.54. The third-order valence-corrected chi connectivity index (χ3v) is 6.47. The molecule has 3 rings (SSSR count). The molecule has 0 saturated carbocycles. The van der Waals surface area contributed by atoms with E-state index in [0.717, 1.165) is 50.5 Å². The standard InChI is InChI=1S/C26H39O6/c1-19(28)13-25-16-24(30-18-20-7-4-3-5-8-20)17-26(32-25)15-23(29-2)14-22-10-6-9-21(31-22)11-12-27/h3-5,7-8,12,21-27H,6,9-11,13-18H2,1-2H3/t21?,22?,23-,24?,25-,26?/m1/s1. The molecule has 2 heterocycles. The van der Waals surface area contributed by atoms with Crippen molar-refractivity contribution < 1.29 is 28.8 Å². The van der Waals surface area contributed by atoms with Gasteiger partial charge in [-0.25, -0.2) is 0 Å². The van der Waals surface area contributed by atoms with Crippen LogP contribution in [0.3, 0.4) is 0 Å². The fourth-order valence-electron chi connectivity index (χ4n) is 4.92. The van der Waals surface area contributed by atoms with Gasteiger partial charge in [0, 0.05) is 26.4 Å². The fraction of sp³-hybridized carbons (Fsp3) is 0.692. The minimum atomic E-state index is -0.111. The van der Waals surface area contributed by atoms with Crippen molar-refractivity contribution in [2.45, 2.75) is 108 Å². The summed E-state index contributed by atoms with van der Waals surface area (Å²) in [5.74, 6) is 0.142. The van der Waals surface area contributed by atoms with Crippen LogP contribution in [-0.2, 0) is 30.3 Å². The summed E-state index contributed by atoms with van der Waals surface area (Å²) >= 11 is 0. The lowest BCUT2D eigenvalue weighted by molar-refractivity contribution is -0.144. The largest absolute Gasteiger partial charge is 0.390 e. The number of hydrogen-bond donors (Lipinski definition) is 1. The average Bonchev–Trinajstić information content (AvgIpc) is 2.78. The highest BCUT2D eigenvalue weighted by Gasteiger charge is 2.33. The summed E-state index contributed by atoms with van der Waals surface area (Å²) in [6.07, 6.45) is 7.42. The molecule has 179 valence electrons. The molecular formula is C26H39O6. The summed E-state index contributed by atoms with van der Waals surface area (Å²) in [4.78, 5) is 11.7. The van der Waals surface area contributed by atoms with E-state index in [1.807, 2.05) is 18.2 Å². The van der Waals surface area contributed by atoms with E-state index in [9.17, 15) is 4.79 Å². The number of aliphatic hydroxyl groups is 1. The van der Waals surface area contributed by atoms with Crippen molar-refractivity contribution in [1.29, 1.82) is 0 Å². The monoisotopic (exact) mass is 447 g/mol. The van der Waals surface area contributed by atoms with Gasteiger partial charge in [-0.3, -0.25) is 4.79 Å². The van der Waals surface area contributed by atoms with Crippen molar-refractivity contribution >= 4 is 5.78 Å². The average molecular weight is 448 g/mol. The summed E-state index contributed by atoms with van der Waals surface area (Å²) < 4.78 is 24.5. The van der Waals surface area contributed by atoms with E-state index in [1.54, 1.807) is 14.0 Å². The number of ketones is 1. The normalized spacial score (nSPS) is 29.5. The lowest BCUT2D eigenvalue weighted by Gasteiger charge is -2.37. The molecule has 1 radical (unpaired) electrons. The smallest absolute Gasteiger partial charge is 0.132 e. The van der Waals surface area contributed by atoms with Crippen LogP contribution in [0.2, 0.25) is 0 Å². The molecule has 0 aromatic heterocycles. The van der Waals surface area contributed by atoms with Gasteiger partial charge in [0.25, 0.3) is 0 Å². The number of Topliss-reactive ketones (excluding diaryl/α,β-unsaturated/α-hetero) is 1. The van der Waals surface area contributed by atoms with E-state index >= 15 is 0 Å². The van der Waals surface area contributed by atoms with E-state index in [0.29, 0.717) is 19.4 Å². The Morgan fingerprint density at radius 3 is 2.50 bits per heavy atom. The number of rotatable bonds is 12. The number of aliphatic hydroxyl groups excluding tert-OH is 1. The van der Waals surface area contributed by atoms with Crippen LogP contribution in [0.4, 0.5) is 0 Å². The van der Waals surface area contributed by atoms with Crippen molar-refractivity contribution in [1.82, 2.24) is 0 Å². The molecule has 2 fully saturated rings. The number of benzene rings is 1. The van der Waals surface area contributed by atoms with Gasteiger partial charge in [-0.2, -0.15) is 0 Å². The molecule has 2 aliphatic heterocycles. The Morgan fingerprint density at radius 1 is 1.09 bits per heavy atom. The van der Waals surface area contributed by atoms with Crippen molar-refractivity contribution in [3.05, 3.63) is 42.5 Å². The highest BCUT2D eigenvalue weighted by Crippen LogP contribution is 2.31. The molecule has 6 nitrogen and oxygen atoms in total. The second kappa shape index (κ2) is 13.4. The maximum absolute atomic E-state index is 11.7. The van der Waals surface area contributed by atoms with Gasteiger partial charge in [0.05, 0.1) is 49.8 Å². The van der Waals surface area contributed by atoms with Gasteiger partial charge in [0.15, 0.2) is 0 Å². The molecule has 1 N–H and O–H groups in total. The van der Waals surface area contributed by atoms with Gasteiger partial charge in [-0.15, -0.1) is 0 Å². The maximum atomic E-state index is 11.7. The number of hydrogen-bond acceptors (Lipinski definition) is 6. The zero-order chi connectivity index (χ0) is 22.8. The van der Waals surface area contributed by atoms with Crippen LogP contribution in [0, 0.1) is 6.61 Å². The number of methoxy groups -OCH3 is 1. The zero-order valence-corrected chi connectivity index (χ0v) is 19.5. The molecule has 1 aromatic rings. The first-order valence-electron chi connectivity index (χ1n) is 12.0. The molecule has 0 amide bonds. The van der Waals surface area contributed by atoms with E-state index in [2.05, 4.69) is 12.1 Å². The second-order valence-corrected chi connectivity index (χ2v) is 9.23. The van der Waals surface area contributed by atoms with Crippen LogP contribution < -0.4 is 0 Å². The third kappa shape index (κ3) is 8.56. The molecular weight excluding hydrogens is 408 g/mol. The van der Waals surface area contributed by atoms with E-state index in [1.165, 1.54) is 6.61 Å². The lowest BCUT2D eigenvalue weighted by atomic mass is 9.92. The number of ether oxygens (including phenoxy) is 4. The first-order chi connectivity index (χ1) is 15.6. The first kappa shape index (κ1) is 25.3. The van der Waals surface area contributed by atoms with Gasteiger partial charge < -0.3 is 24.1 Å². The SMILES string of the molecule is CO[C@H](CC1CCCC(C[CH]O)O1)CC1CC(OCc2ccccc2)C[C@@H](CC(C)=O)O1. The van der Waals surface area contributed by atoms with Gasteiger partial charge in [-0.1, -0.05) is 30.3 Å². The predicted molar refractivity (Wildman–Crippen MR) is 122 cm³/mol. The molecule has 6 heteroatoms. The summed E-state index contributed by atoms with van der Waals surface area (Å²) in [5.41, 5.74) is 1.15. The molecule has 0 bridgehead atoms. The van der Waals surface area contributed by atoms with Gasteiger partial charge in [-0.05, 0) is 51.0 Å². The number of carbonyl (C=O) groups excluding carboxylic acids is 1. The zero-order valence-electron chi connectivity index (χ0n) is 19.5. The van der Waals surface area contributed by atoms with Crippen molar-refractivity contribution in [3.63, 3.8) is 0 Å². The van der Waals surface area contributed by atoms with Crippen molar-refractivity contribution in [3.8, 4) is 0 Å². The van der Waals surface area contributed by atoms with Crippen molar-refractivity contribution in [2.24, 2.45) is 0 Å². The maximum Gasteiger partial charge on any atom is 0.132 e. The molecule has 0 spiro atoms. The first-order valence-corrected chi connectivity index (χ1v) is 12.0. The van der Waals surface area contributed by atoms with Crippen LogP contribution in [0.25, 0.3) is 0 Å². The molecule has 2 aliphatic rings. The Bertz CT molecular complexity index is 664. The summed E-state index contributed by atoms with van der Waals surface area (Å²) in [6.45, 7) is 3.38. The van der Waals surface area contributed by atoms with Crippen LogP contribution in [0.15, 0.2) is 30.3 Å². The molecule has 6 atom stereocenters. The van der Waals surface area contributed by atoms with Crippen LogP contribution in [-0.4, -0.2) is 54.6 Å². The van der Waals surface area contributed by atoms with Crippen LogP contribution in [0.1, 0.15) is 70.3 Å². The second-order valence-electron chi connectivity index (χ2n) is 9.23. The fourth-order valence-corrected chi connectivity index (χ4v) is 4.92. The molecule has 2 saturated heterocycles. The molecule has 1 aromatic carbocycles. The minimum absolute atomic E-state index is 0.0102. The highest BCUT2D eigenvalue weighted by atomic mass is 16.5. The Hall–Kier alpha value is -1.31. The topological polar surface area (TPSA) is 74.2 Å². The van der Waals surface area contributed by atoms with Crippen LogP contribution >= 0.6 is 0 Å². The molecule has 32 heavy (non-hydrogen) atoms. The molecule has 0 aliphatic carbocycles. The minimum Gasteiger partial charge on any atom is -0.390 e. The summed E-state index contributed by atoms with van der Waals surface area (Å²) in [5, 5.41) is 9.10. The quantitative estimate of drug-likeness (QED) is 0.498. The Labute approximate surface area is 192 Å². The summed E-state index contributed by atoms with van der Waals surface area (Å²) in [7, 11) is 1.74. The van der Waals surface area contributed by atoms with Gasteiger partial charge in [0.1, 0.15) is 5.78 Å². The Morgan fingerprint density at radius 2 is 1.78 bits per heavy atom. The highest BCUT2D eigenvalue weighted by molar-refractivity contribution is 5.76. The van der Waals surface area contributed by atoms with E-state index in [4.69, 9.17) is 24.1 Å². The number of carbonyl (C=O) groups is 1. The lowest BCUT2D eigenvalue weighted by Crippen LogP contribution is -2.40.